The van der Waals surface area contributed by atoms with Crippen LogP contribution in [0.4, 0.5) is 0 Å². The summed E-state index contributed by atoms with van der Waals surface area (Å²) >= 11 is 6.21. The van der Waals surface area contributed by atoms with Crippen LogP contribution in [0, 0.1) is 5.41 Å². The molecule has 3 rings (SSSR count). The monoisotopic (exact) mass is 275 g/mol. The summed E-state index contributed by atoms with van der Waals surface area (Å²) in [6.45, 7) is 7.12. The summed E-state index contributed by atoms with van der Waals surface area (Å²) in [4.78, 5) is 2.42. The molecule has 2 aliphatic rings. The lowest BCUT2D eigenvalue weighted by Gasteiger charge is -2.30. The van der Waals surface area contributed by atoms with Crippen LogP contribution in [0.2, 0.25) is 5.02 Å². The van der Waals surface area contributed by atoms with Crippen LogP contribution in [-0.4, -0.2) is 25.0 Å². The number of hydrogen-bond acceptors (Lipinski definition) is 1. The van der Waals surface area contributed by atoms with Crippen LogP contribution < -0.4 is 0 Å². The highest BCUT2D eigenvalue weighted by atomic mass is 35.5. The lowest BCUT2D eigenvalue weighted by molar-refractivity contribution is 0.311. The SMILES string of the molecule is CN1CCC(=C2c3cc(Cl)ccc3CC2(C)C)CC1. The fourth-order valence-corrected chi connectivity index (χ4v) is 3.84. The maximum Gasteiger partial charge on any atom is 0.0412 e. The second-order valence-electron chi connectivity index (χ2n) is 6.64. The summed E-state index contributed by atoms with van der Waals surface area (Å²) < 4.78 is 0. The Morgan fingerprint density at radius 1 is 1.16 bits per heavy atom. The molecule has 1 aliphatic heterocycles. The number of piperidine rings is 1. The molecule has 0 saturated carbocycles. The Hall–Kier alpha value is -0.790. The molecule has 1 heterocycles. The minimum absolute atomic E-state index is 0.262. The third kappa shape index (κ3) is 2.34. The van der Waals surface area contributed by atoms with Crippen LogP contribution >= 0.6 is 11.6 Å². The largest absolute Gasteiger partial charge is 0.306 e. The van der Waals surface area contributed by atoms with Gasteiger partial charge in [0.25, 0.3) is 0 Å². The molecule has 0 atom stereocenters. The Morgan fingerprint density at radius 2 is 1.84 bits per heavy atom. The molecule has 0 unspecified atom stereocenters. The van der Waals surface area contributed by atoms with Crippen molar-refractivity contribution >= 4 is 17.2 Å². The van der Waals surface area contributed by atoms with Gasteiger partial charge in [-0.05, 0) is 60.6 Å². The molecule has 0 bridgehead atoms. The van der Waals surface area contributed by atoms with E-state index in [-0.39, 0.29) is 5.41 Å². The number of nitrogens with zero attached hydrogens (tertiary/aromatic N) is 1. The van der Waals surface area contributed by atoms with Gasteiger partial charge >= 0.3 is 0 Å². The van der Waals surface area contributed by atoms with Crippen molar-refractivity contribution in [2.24, 2.45) is 5.41 Å². The normalized spacial score (nSPS) is 22.7. The van der Waals surface area contributed by atoms with Crippen LogP contribution in [0.15, 0.2) is 23.8 Å². The Bertz CT molecular complexity index is 532. The van der Waals surface area contributed by atoms with E-state index in [0.29, 0.717) is 0 Å². The van der Waals surface area contributed by atoms with Crippen molar-refractivity contribution in [2.45, 2.75) is 33.1 Å². The quantitative estimate of drug-likeness (QED) is 0.678. The Labute approximate surface area is 121 Å². The zero-order chi connectivity index (χ0) is 13.6. The molecule has 0 radical (unpaired) electrons. The van der Waals surface area contributed by atoms with Gasteiger partial charge in [0, 0.05) is 18.1 Å². The number of halogens is 1. The number of likely N-dealkylation sites (tertiary alicyclic amines) is 1. The summed E-state index contributed by atoms with van der Waals surface area (Å²) in [5, 5.41) is 0.863. The molecule has 0 amide bonds. The van der Waals surface area contributed by atoms with E-state index in [1.165, 1.54) is 37.1 Å². The van der Waals surface area contributed by atoms with E-state index in [2.05, 4.69) is 37.9 Å². The van der Waals surface area contributed by atoms with E-state index in [9.17, 15) is 0 Å². The van der Waals surface area contributed by atoms with Crippen molar-refractivity contribution < 1.29 is 0 Å². The van der Waals surface area contributed by atoms with E-state index < -0.39 is 0 Å². The van der Waals surface area contributed by atoms with Crippen molar-refractivity contribution in [2.75, 3.05) is 20.1 Å². The zero-order valence-electron chi connectivity index (χ0n) is 12.1. The lowest BCUT2D eigenvalue weighted by Crippen LogP contribution is -2.27. The maximum atomic E-state index is 6.21. The highest BCUT2D eigenvalue weighted by Crippen LogP contribution is 2.49. The highest BCUT2D eigenvalue weighted by Gasteiger charge is 2.36. The lowest BCUT2D eigenvalue weighted by atomic mass is 9.80. The van der Waals surface area contributed by atoms with Crippen molar-refractivity contribution in [3.8, 4) is 0 Å². The number of fused-ring (bicyclic) bond motifs is 1. The first kappa shape index (κ1) is 13.2. The molecule has 1 aliphatic carbocycles. The van der Waals surface area contributed by atoms with Gasteiger partial charge in [0.05, 0.1) is 0 Å². The van der Waals surface area contributed by atoms with Crippen LogP contribution in [-0.2, 0) is 6.42 Å². The third-order valence-electron chi connectivity index (χ3n) is 4.59. The second kappa shape index (κ2) is 4.64. The first-order valence-electron chi connectivity index (χ1n) is 7.17. The fraction of sp³-hybridized carbons (Fsp3) is 0.529. The first-order chi connectivity index (χ1) is 8.97. The highest BCUT2D eigenvalue weighted by molar-refractivity contribution is 6.30. The standard InChI is InChI=1S/C17H22ClN/c1-17(2)11-13-4-5-14(18)10-15(13)16(17)12-6-8-19(3)9-7-12/h4-5,10H,6-9,11H2,1-3H3. The predicted octanol–water partition coefficient (Wildman–Crippen LogP) is 4.40. The van der Waals surface area contributed by atoms with Crippen molar-refractivity contribution in [1.82, 2.24) is 4.90 Å². The number of hydrogen-bond donors (Lipinski definition) is 0. The van der Waals surface area contributed by atoms with Gasteiger partial charge in [-0.15, -0.1) is 0 Å². The summed E-state index contributed by atoms with van der Waals surface area (Å²) in [7, 11) is 2.21. The van der Waals surface area contributed by atoms with Gasteiger partial charge in [0.1, 0.15) is 0 Å². The molecule has 1 saturated heterocycles. The van der Waals surface area contributed by atoms with Gasteiger partial charge in [-0.2, -0.15) is 0 Å². The van der Waals surface area contributed by atoms with E-state index in [1.54, 1.807) is 11.1 Å². The number of benzene rings is 1. The molecule has 1 aromatic carbocycles. The summed E-state index contributed by atoms with van der Waals surface area (Å²) in [5.41, 5.74) is 6.38. The molecular formula is C17H22ClN. The van der Waals surface area contributed by atoms with Gasteiger partial charge in [-0.1, -0.05) is 37.1 Å². The van der Waals surface area contributed by atoms with Crippen LogP contribution in [0.1, 0.15) is 37.8 Å². The average molecular weight is 276 g/mol. The Morgan fingerprint density at radius 3 is 2.53 bits per heavy atom. The van der Waals surface area contributed by atoms with Crippen molar-refractivity contribution in [3.05, 3.63) is 39.9 Å². The molecule has 0 spiro atoms. The summed E-state index contributed by atoms with van der Waals surface area (Å²) in [5.74, 6) is 0. The zero-order valence-corrected chi connectivity index (χ0v) is 12.8. The smallest absolute Gasteiger partial charge is 0.0412 e. The molecule has 19 heavy (non-hydrogen) atoms. The topological polar surface area (TPSA) is 3.24 Å². The molecule has 2 heteroatoms. The van der Waals surface area contributed by atoms with Gasteiger partial charge in [0.2, 0.25) is 0 Å². The molecular weight excluding hydrogens is 254 g/mol. The first-order valence-corrected chi connectivity index (χ1v) is 7.55. The van der Waals surface area contributed by atoms with Crippen molar-refractivity contribution in [1.29, 1.82) is 0 Å². The van der Waals surface area contributed by atoms with Crippen LogP contribution in [0.5, 0.6) is 0 Å². The van der Waals surface area contributed by atoms with Crippen molar-refractivity contribution in [3.63, 3.8) is 0 Å². The Balaban J connectivity index is 2.09. The van der Waals surface area contributed by atoms with Gasteiger partial charge in [-0.25, -0.2) is 0 Å². The van der Waals surface area contributed by atoms with E-state index >= 15 is 0 Å². The van der Waals surface area contributed by atoms with E-state index in [4.69, 9.17) is 11.6 Å². The Kier molecular flexibility index (Phi) is 3.23. The van der Waals surface area contributed by atoms with Crippen LogP contribution in [0.25, 0.3) is 5.57 Å². The third-order valence-corrected chi connectivity index (χ3v) is 4.83. The van der Waals surface area contributed by atoms with E-state index in [0.717, 1.165) is 11.4 Å². The second-order valence-corrected chi connectivity index (χ2v) is 7.08. The molecule has 1 nitrogen and oxygen atoms in total. The van der Waals surface area contributed by atoms with Gasteiger partial charge in [0.15, 0.2) is 0 Å². The molecule has 0 aromatic heterocycles. The summed E-state index contributed by atoms with van der Waals surface area (Å²) in [6, 6.07) is 6.41. The van der Waals surface area contributed by atoms with Crippen LogP contribution in [0.3, 0.4) is 0 Å². The fourth-order valence-electron chi connectivity index (χ4n) is 3.67. The average Bonchev–Trinajstić information content (AvgIpc) is 2.60. The number of rotatable bonds is 0. The molecule has 1 fully saturated rings. The predicted molar refractivity (Wildman–Crippen MR) is 82.6 cm³/mol. The summed E-state index contributed by atoms with van der Waals surface area (Å²) in [6.07, 6.45) is 3.57. The molecule has 102 valence electrons. The maximum absolute atomic E-state index is 6.21. The van der Waals surface area contributed by atoms with Gasteiger partial charge < -0.3 is 4.90 Å². The minimum atomic E-state index is 0.262. The molecule has 1 aromatic rings. The van der Waals surface area contributed by atoms with E-state index in [1.807, 2.05) is 6.07 Å². The molecule has 0 N–H and O–H groups in total. The minimum Gasteiger partial charge on any atom is -0.306 e. The van der Waals surface area contributed by atoms with Gasteiger partial charge in [-0.3, -0.25) is 0 Å². The number of allylic oxidation sites excluding steroid dienone is 1.